The Hall–Kier alpha value is -1.82. The third-order valence-corrected chi connectivity index (χ3v) is 4.46. The van der Waals surface area contributed by atoms with Gasteiger partial charge in [-0.3, -0.25) is 4.72 Å². The van der Waals surface area contributed by atoms with Crippen LogP contribution >= 0.6 is 0 Å². The van der Waals surface area contributed by atoms with E-state index < -0.39 is 10.0 Å². The van der Waals surface area contributed by atoms with Crippen LogP contribution in [0.15, 0.2) is 30.5 Å². The average Bonchev–Trinajstić information content (AvgIpc) is 2.78. The molecule has 6 heteroatoms. The summed E-state index contributed by atoms with van der Waals surface area (Å²) in [5.74, 6) is 0.569. The van der Waals surface area contributed by atoms with E-state index in [0.717, 1.165) is 24.8 Å². The van der Waals surface area contributed by atoms with Crippen LogP contribution in [0.4, 0.5) is 5.82 Å². The van der Waals surface area contributed by atoms with Crippen LogP contribution in [0.3, 0.4) is 0 Å². The molecule has 0 saturated heterocycles. The summed E-state index contributed by atoms with van der Waals surface area (Å²) >= 11 is 0. The van der Waals surface area contributed by atoms with Gasteiger partial charge in [0.15, 0.2) is 0 Å². The summed E-state index contributed by atoms with van der Waals surface area (Å²) in [6.45, 7) is 1.87. The zero-order valence-electron chi connectivity index (χ0n) is 12.2. The molecule has 0 aliphatic heterocycles. The number of fused-ring (bicyclic) bond motifs is 1. The lowest BCUT2D eigenvalue weighted by Gasteiger charge is -2.27. The molecular formula is C15H19N3O2S. The SMILES string of the molecule is Cc1cnn([C@H]2CCCc3ccccc32)c1NS(C)(=O)=O. The van der Waals surface area contributed by atoms with Crippen LogP contribution in [-0.2, 0) is 16.4 Å². The first kappa shape index (κ1) is 14.1. The Labute approximate surface area is 125 Å². The predicted octanol–water partition coefficient (Wildman–Crippen LogP) is 2.49. The number of aromatic nitrogens is 2. The minimum atomic E-state index is -3.32. The average molecular weight is 305 g/mol. The van der Waals surface area contributed by atoms with Gasteiger partial charge in [-0.25, -0.2) is 13.1 Å². The Morgan fingerprint density at radius 1 is 1.33 bits per heavy atom. The van der Waals surface area contributed by atoms with Crippen LogP contribution in [0.25, 0.3) is 0 Å². The lowest BCUT2D eigenvalue weighted by atomic mass is 9.88. The molecule has 21 heavy (non-hydrogen) atoms. The summed E-state index contributed by atoms with van der Waals surface area (Å²) in [5, 5.41) is 4.41. The summed E-state index contributed by atoms with van der Waals surface area (Å²) in [4.78, 5) is 0. The molecule has 3 rings (SSSR count). The van der Waals surface area contributed by atoms with E-state index in [9.17, 15) is 8.42 Å². The van der Waals surface area contributed by atoms with E-state index in [0.29, 0.717) is 5.82 Å². The van der Waals surface area contributed by atoms with Crippen LogP contribution in [-0.4, -0.2) is 24.5 Å². The second-order valence-electron chi connectivity index (χ2n) is 5.60. The van der Waals surface area contributed by atoms with Crippen LogP contribution in [0.5, 0.6) is 0 Å². The van der Waals surface area contributed by atoms with Gasteiger partial charge in [0.05, 0.1) is 18.5 Å². The Balaban J connectivity index is 2.07. The second kappa shape index (κ2) is 5.18. The molecular weight excluding hydrogens is 286 g/mol. The lowest BCUT2D eigenvalue weighted by Crippen LogP contribution is -2.22. The fourth-order valence-electron chi connectivity index (χ4n) is 2.97. The van der Waals surface area contributed by atoms with E-state index in [-0.39, 0.29) is 6.04 Å². The Morgan fingerprint density at radius 2 is 2.10 bits per heavy atom. The number of benzene rings is 1. The predicted molar refractivity (Wildman–Crippen MR) is 82.9 cm³/mol. The van der Waals surface area contributed by atoms with E-state index in [1.165, 1.54) is 17.4 Å². The molecule has 0 unspecified atom stereocenters. The first-order chi connectivity index (χ1) is 9.96. The molecule has 0 bridgehead atoms. The highest BCUT2D eigenvalue weighted by molar-refractivity contribution is 7.92. The molecule has 1 atom stereocenters. The van der Waals surface area contributed by atoms with Crippen molar-refractivity contribution < 1.29 is 8.42 Å². The van der Waals surface area contributed by atoms with Gasteiger partial charge in [-0.2, -0.15) is 5.10 Å². The zero-order chi connectivity index (χ0) is 15.0. The number of hydrogen-bond acceptors (Lipinski definition) is 3. The number of rotatable bonds is 3. The van der Waals surface area contributed by atoms with Crippen LogP contribution in [0.1, 0.15) is 35.6 Å². The summed E-state index contributed by atoms with van der Waals surface area (Å²) in [6.07, 6.45) is 6.00. The maximum Gasteiger partial charge on any atom is 0.230 e. The number of sulfonamides is 1. The van der Waals surface area contributed by atoms with Crippen LogP contribution in [0.2, 0.25) is 0 Å². The molecule has 5 nitrogen and oxygen atoms in total. The van der Waals surface area contributed by atoms with E-state index in [1.807, 2.05) is 23.7 Å². The quantitative estimate of drug-likeness (QED) is 0.947. The molecule has 1 N–H and O–H groups in total. The largest absolute Gasteiger partial charge is 0.268 e. The van der Waals surface area contributed by atoms with Crippen molar-refractivity contribution in [3.63, 3.8) is 0 Å². The zero-order valence-corrected chi connectivity index (χ0v) is 13.0. The Kier molecular flexibility index (Phi) is 3.49. The Morgan fingerprint density at radius 3 is 2.86 bits per heavy atom. The van der Waals surface area contributed by atoms with E-state index in [4.69, 9.17) is 0 Å². The lowest BCUT2D eigenvalue weighted by molar-refractivity contribution is 0.456. The van der Waals surface area contributed by atoms with E-state index >= 15 is 0 Å². The van der Waals surface area contributed by atoms with Crippen molar-refractivity contribution in [1.82, 2.24) is 9.78 Å². The number of nitrogens with one attached hydrogen (secondary N) is 1. The monoisotopic (exact) mass is 305 g/mol. The summed E-state index contributed by atoms with van der Waals surface area (Å²) in [6, 6.07) is 8.41. The van der Waals surface area contributed by atoms with Crippen molar-refractivity contribution in [2.75, 3.05) is 11.0 Å². The van der Waals surface area contributed by atoms with Gasteiger partial charge in [-0.05, 0) is 37.3 Å². The number of aryl methyl sites for hydroxylation is 2. The van der Waals surface area contributed by atoms with Crippen molar-refractivity contribution in [3.05, 3.63) is 47.2 Å². The number of nitrogens with zero attached hydrogens (tertiary/aromatic N) is 2. The molecule has 112 valence electrons. The van der Waals surface area contributed by atoms with Gasteiger partial charge >= 0.3 is 0 Å². The maximum absolute atomic E-state index is 11.6. The van der Waals surface area contributed by atoms with Gasteiger partial charge < -0.3 is 0 Å². The van der Waals surface area contributed by atoms with Gasteiger partial charge in [0, 0.05) is 5.56 Å². The molecule has 0 radical (unpaired) electrons. The summed E-state index contributed by atoms with van der Waals surface area (Å²) in [7, 11) is -3.32. The highest BCUT2D eigenvalue weighted by atomic mass is 32.2. The molecule has 0 spiro atoms. The van der Waals surface area contributed by atoms with Gasteiger partial charge in [-0.1, -0.05) is 24.3 Å². The van der Waals surface area contributed by atoms with Crippen molar-refractivity contribution in [3.8, 4) is 0 Å². The van der Waals surface area contributed by atoms with Gasteiger partial charge in [0.2, 0.25) is 10.0 Å². The van der Waals surface area contributed by atoms with Crippen molar-refractivity contribution >= 4 is 15.8 Å². The standard InChI is InChI=1S/C15H19N3O2S/c1-11-10-16-18(15(11)17-21(2,19)20)14-9-5-7-12-6-3-4-8-13(12)14/h3-4,6,8,10,14,17H,5,7,9H2,1-2H3/t14-/m0/s1. The molecule has 1 heterocycles. The smallest absolute Gasteiger partial charge is 0.230 e. The van der Waals surface area contributed by atoms with Crippen molar-refractivity contribution in [2.24, 2.45) is 0 Å². The fraction of sp³-hybridized carbons (Fsp3) is 0.400. The number of anilines is 1. The first-order valence-electron chi connectivity index (χ1n) is 7.05. The van der Waals surface area contributed by atoms with Crippen molar-refractivity contribution in [2.45, 2.75) is 32.2 Å². The molecule has 2 aromatic rings. The fourth-order valence-corrected chi connectivity index (χ4v) is 3.58. The topological polar surface area (TPSA) is 64.0 Å². The molecule has 1 aromatic heterocycles. The normalized spacial score (nSPS) is 18.3. The van der Waals surface area contributed by atoms with Crippen LogP contribution in [0, 0.1) is 6.92 Å². The van der Waals surface area contributed by atoms with E-state index in [2.05, 4.69) is 22.0 Å². The molecule has 1 aliphatic rings. The number of hydrogen-bond donors (Lipinski definition) is 1. The van der Waals surface area contributed by atoms with Gasteiger partial charge in [-0.15, -0.1) is 0 Å². The molecule has 0 amide bonds. The minimum Gasteiger partial charge on any atom is -0.268 e. The van der Waals surface area contributed by atoms with Gasteiger partial charge in [0.1, 0.15) is 5.82 Å². The Bertz CT molecular complexity index is 765. The summed E-state index contributed by atoms with van der Waals surface area (Å²) in [5.41, 5.74) is 3.40. The highest BCUT2D eigenvalue weighted by Gasteiger charge is 2.25. The molecule has 1 aromatic carbocycles. The first-order valence-corrected chi connectivity index (χ1v) is 8.94. The van der Waals surface area contributed by atoms with Crippen molar-refractivity contribution in [1.29, 1.82) is 0 Å². The van der Waals surface area contributed by atoms with E-state index in [1.54, 1.807) is 6.20 Å². The molecule has 1 aliphatic carbocycles. The summed E-state index contributed by atoms with van der Waals surface area (Å²) < 4.78 is 27.6. The third-order valence-electron chi connectivity index (χ3n) is 3.89. The second-order valence-corrected chi connectivity index (χ2v) is 7.35. The minimum absolute atomic E-state index is 0.0906. The third kappa shape index (κ3) is 2.81. The molecule has 0 saturated carbocycles. The van der Waals surface area contributed by atoms with Gasteiger partial charge in [0.25, 0.3) is 0 Å². The molecule has 0 fully saturated rings. The van der Waals surface area contributed by atoms with Crippen LogP contribution < -0.4 is 4.72 Å². The maximum atomic E-state index is 11.6. The highest BCUT2D eigenvalue weighted by Crippen LogP contribution is 2.35.